The number of benzene rings is 1. The Bertz CT molecular complexity index is 710. The van der Waals surface area contributed by atoms with Crippen LogP contribution in [0.3, 0.4) is 0 Å². The summed E-state index contributed by atoms with van der Waals surface area (Å²) < 4.78 is 15.4. The van der Waals surface area contributed by atoms with Gasteiger partial charge in [-0.1, -0.05) is 43.2 Å². The maximum absolute atomic E-state index is 12.8. The van der Waals surface area contributed by atoms with E-state index in [0.29, 0.717) is 5.76 Å². The molecule has 0 radical (unpaired) electrons. The van der Waals surface area contributed by atoms with Crippen molar-refractivity contribution in [1.29, 1.82) is 0 Å². The van der Waals surface area contributed by atoms with Crippen LogP contribution >= 0.6 is 0 Å². The minimum Gasteiger partial charge on any atom is -0.463 e. The monoisotopic (exact) mass is 328 g/mol. The van der Waals surface area contributed by atoms with Gasteiger partial charge in [-0.3, -0.25) is 4.79 Å². The van der Waals surface area contributed by atoms with E-state index in [1.807, 2.05) is 30.3 Å². The Balaban J connectivity index is 1.71. The van der Waals surface area contributed by atoms with Crippen LogP contribution in [0.2, 0.25) is 0 Å². The summed E-state index contributed by atoms with van der Waals surface area (Å²) in [5.41, 5.74) is 0.432. The van der Waals surface area contributed by atoms with E-state index in [2.05, 4.69) is 4.74 Å². The molecular weight excluding hydrogens is 308 g/mol. The Kier molecular flexibility index (Phi) is 4.69. The first kappa shape index (κ1) is 16.3. The van der Waals surface area contributed by atoms with Crippen LogP contribution < -0.4 is 0 Å². The quantitative estimate of drug-likeness (QED) is 0.784. The highest BCUT2D eigenvalue weighted by molar-refractivity contribution is 5.86. The van der Waals surface area contributed by atoms with Gasteiger partial charge in [-0.05, 0) is 30.5 Å². The first-order chi connectivity index (χ1) is 11.7. The van der Waals surface area contributed by atoms with Crippen molar-refractivity contribution < 1.29 is 23.5 Å². The molecule has 1 aromatic carbocycles. The molecule has 0 N–H and O–H groups in total. The van der Waals surface area contributed by atoms with Crippen LogP contribution in [0.4, 0.5) is 0 Å². The number of hydrogen-bond acceptors (Lipinski definition) is 5. The molecule has 0 spiro atoms. The minimum atomic E-state index is -0.570. The molecular formula is C19H20O5. The van der Waals surface area contributed by atoms with E-state index in [1.165, 1.54) is 13.2 Å². The van der Waals surface area contributed by atoms with E-state index in [1.54, 1.807) is 6.07 Å². The van der Waals surface area contributed by atoms with Crippen molar-refractivity contribution in [3.63, 3.8) is 0 Å². The Labute approximate surface area is 140 Å². The summed E-state index contributed by atoms with van der Waals surface area (Å²) in [5.74, 6) is -0.265. The van der Waals surface area contributed by atoms with E-state index < -0.39 is 11.4 Å². The second kappa shape index (κ2) is 6.91. The van der Waals surface area contributed by atoms with Crippen molar-refractivity contribution in [3.05, 3.63) is 59.5 Å². The highest BCUT2D eigenvalue weighted by atomic mass is 16.6. The maximum Gasteiger partial charge on any atom is 0.373 e. The summed E-state index contributed by atoms with van der Waals surface area (Å²) in [6.07, 6.45) is 3.61. The van der Waals surface area contributed by atoms with Gasteiger partial charge in [-0.15, -0.1) is 0 Å². The van der Waals surface area contributed by atoms with Gasteiger partial charge >= 0.3 is 11.9 Å². The highest BCUT2D eigenvalue weighted by Crippen LogP contribution is 2.42. The van der Waals surface area contributed by atoms with Gasteiger partial charge in [0, 0.05) is 0 Å². The molecule has 5 nitrogen and oxygen atoms in total. The molecule has 0 amide bonds. The molecule has 5 heteroatoms. The van der Waals surface area contributed by atoms with Crippen LogP contribution in [-0.2, 0) is 26.3 Å². The van der Waals surface area contributed by atoms with Crippen LogP contribution in [0, 0.1) is 0 Å². The fourth-order valence-corrected chi connectivity index (χ4v) is 3.29. The molecule has 0 unspecified atom stereocenters. The van der Waals surface area contributed by atoms with Crippen molar-refractivity contribution in [2.24, 2.45) is 0 Å². The van der Waals surface area contributed by atoms with E-state index in [4.69, 9.17) is 9.15 Å². The Morgan fingerprint density at radius 2 is 1.79 bits per heavy atom. The average molecular weight is 328 g/mol. The summed E-state index contributed by atoms with van der Waals surface area (Å²) in [6, 6.07) is 12.9. The van der Waals surface area contributed by atoms with Gasteiger partial charge in [0.1, 0.15) is 12.4 Å². The summed E-state index contributed by atoms with van der Waals surface area (Å²) in [5, 5.41) is 0. The topological polar surface area (TPSA) is 65.7 Å². The maximum atomic E-state index is 12.8. The predicted molar refractivity (Wildman–Crippen MR) is 86.4 cm³/mol. The lowest BCUT2D eigenvalue weighted by molar-refractivity contribution is -0.152. The van der Waals surface area contributed by atoms with Gasteiger partial charge < -0.3 is 13.9 Å². The fourth-order valence-electron chi connectivity index (χ4n) is 3.29. The zero-order valence-corrected chi connectivity index (χ0v) is 13.6. The molecule has 1 aromatic heterocycles. The van der Waals surface area contributed by atoms with Crippen molar-refractivity contribution >= 4 is 11.9 Å². The van der Waals surface area contributed by atoms with Gasteiger partial charge in [0.05, 0.1) is 12.5 Å². The fraction of sp³-hybridized carbons (Fsp3) is 0.368. The summed E-state index contributed by atoms with van der Waals surface area (Å²) in [7, 11) is 1.29. The number of ether oxygens (including phenoxy) is 2. The van der Waals surface area contributed by atoms with Crippen LogP contribution in [-0.4, -0.2) is 19.0 Å². The molecule has 0 bridgehead atoms. The summed E-state index contributed by atoms with van der Waals surface area (Å²) in [6.45, 7) is 0.00438. The first-order valence-corrected chi connectivity index (χ1v) is 8.05. The lowest BCUT2D eigenvalue weighted by Crippen LogP contribution is -2.34. The third-order valence-electron chi connectivity index (χ3n) is 4.57. The van der Waals surface area contributed by atoms with Crippen LogP contribution in [0.5, 0.6) is 0 Å². The van der Waals surface area contributed by atoms with Gasteiger partial charge in [0.2, 0.25) is 5.76 Å². The molecule has 1 aliphatic rings. The number of hydrogen-bond donors (Lipinski definition) is 0. The number of rotatable bonds is 5. The zero-order chi connectivity index (χ0) is 17.0. The molecule has 1 saturated carbocycles. The number of methoxy groups -OCH3 is 1. The Morgan fingerprint density at radius 1 is 1.08 bits per heavy atom. The van der Waals surface area contributed by atoms with E-state index in [0.717, 1.165) is 31.2 Å². The molecule has 0 atom stereocenters. The third kappa shape index (κ3) is 3.07. The smallest absolute Gasteiger partial charge is 0.373 e. The molecule has 126 valence electrons. The number of esters is 2. The van der Waals surface area contributed by atoms with Gasteiger partial charge in [-0.25, -0.2) is 4.79 Å². The summed E-state index contributed by atoms with van der Waals surface area (Å²) in [4.78, 5) is 24.2. The number of furan rings is 1. The molecule has 0 aliphatic heterocycles. The van der Waals surface area contributed by atoms with Gasteiger partial charge in [0.15, 0.2) is 0 Å². The zero-order valence-electron chi connectivity index (χ0n) is 13.6. The molecule has 1 heterocycles. The van der Waals surface area contributed by atoms with Crippen LogP contribution in [0.25, 0.3) is 0 Å². The van der Waals surface area contributed by atoms with Crippen molar-refractivity contribution in [2.75, 3.05) is 7.11 Å². The molecule has 24 heavy (non-hydrogen) atoms. The SMILES string of the molecule is COC(=O)c1ccc(COC(=O)C2(c3ccccc3)CCCC2)o1. The van der Waals surface area contributed by atoms with Crippen LogP contribution in [0.15, 0.2) is 46.9 Å². The van der Waals surface area contributed by atoms with E-state index in [9.17, 15) is 9.59 Å². The average Bonchev–Trinajstić information content (AvgIpc) is 3.30. The lowest BCUT2D eigenvalue weighted by Gasteiger charge is -2.27. The predicted octanol–water partition coefficient (Wildman–Crippen LogP) is 3.62. The molecule has 3 rings (SSSR count). The first-order valence-electron chi connectivity index (χ1n) is 8.05. The molecule has 1 fully saturated rings. The second-order valence-corrected chi connectivity index (χ2v) is 5.99. The summed E-state index contributed by atoms with van der Waals surface area (Å²) >= 11 is 0. The second-order valence-electron chi connectivity index (χ2n) is 5.99. The van der Waals surface area contributed by atoms with Crippen LogP contribution in [0.1, 0.15) is 47.6 Å². The van der Waals surface area contributed by atoms with Gasteiger partial charge in [0.25, 0.3) is 0 Å². The number of carbonyl (C=O) groups excluding carboxylic acids is 2. The van der Waals surface area contributed by atoms with Crippen molar-refractivity contribution in [2.45, 2.75) is 37.7 Å². The molecule has 2 aromatic rings. The molecule has 0 saturated heterocycles. The Hall–Kier alpha value is -2.56. The van der Waals surface area contributed by atoms with Crippen molar-refractivity contribution in [3.8, 4) is 0 Å². The number of carbonyl (C=O) groups is 2. The Morgan fingerprint density at radius 3 is 2.46 bits per heavy atom. The van der Waals surface area contributed by atoms with E-state index >= 15 is 0 Å². The highest BCUT2D eigenvalue weighted by Gasteiger charge is 2.44. The minimum absolute atomic E-state index is 0.00438. The largest absolute Gasteiger partial charge is 0.463 e. The lowest BCUT2D eigenvalue weighted by atomic mass is 9.79. The van der Waals surface area contributed by atoms with E-state index in [-0.39, 0.29) is 18.3 Å². The van der Waals surface area contributed by atoms with Crippen molar-refractivity contribution in [1.82, 2.24) is 0 Å². The standard InChI is InChI=1S/C19H20O5/c1-22-17(20)16-10-9-15(24-16)13-23-18(21)19(11-5-6-12-19)14-7-3-2-4-8-14/h2-4,7-10H,5-6,11-13H2,1H3. The molecule has 1 aliphatic carbocycles. The van der Waals surface area contributed by atoms with Gasteiger partial charge in [-0.2, -0.15) is 0 Å². The third-order valence-corrected chi connectivity index (χ3v) is 4.57. The normalized spacial score (nSPS) is 15.9.